The molecule has 21 heavy (non-hydrogen) atoms. The Morgan fingerprint density at radius 1 is 1.33 bits per heavy atom. The molecule has 1 aliphatic rings. The predicted octanol–water partition coefficient (Wildman–Crippen LogP) is 2.43. The summed E-state index contributed by atoms with van der Waals surface area (Å²) < 4.78 is 5.23. The third kappa shape index (κ3) is 2.60. The van der Waals surface area contributed by atoms with Gasteiger partial charge in [-0.25, -0.2) is 4.79 Å². The fourth-order valence-corrected chi connectivity index (χ4v) is 2.61. The van der Waals surface area contributed by atoms with Crippen molar-refractivity contribution >= 4 is 11.9 Å². The molecular formula is C16H22N2O3. The number of methoxy groups -OCH3 is 1. The van der Waals surface area contributed by atoms with Crippen LogP contribution in [0.4, 0.5) is 4.79 Å². The van der Waals surface area contributed by atoms with E-state index in [9.17, 15) is 9.59 Å². The third-order valence-corrected chi connectivity index (χ3v) is 3.79. The van der Waals surface area contributed by atoms with Crippen LogP contribution >= 0.6 is 0 Å². The zero-order valence-corrected chi connectivity index (χ0v) is 13.2. The summed E-state index contributed by atoms with van der Waals surface area (Å²) in [6.07, 6.45) is 0. The second-order valence-corrected chi connectivity index (χ2v) is 6.05. The van der Waals surface area contributed by atoms with Crippen molar-refractivity contribution < 1.29 is 14.3 Å². The maximum Gasteiger partial charge on any atom is 0.325 e. The summed E-state index contributed by atoms with van der Waals surface area (Å²) in [5, 5.41) is 2.81. The number of amides is 3. The number of hydrogen-bond acceptors (Lipinski definition) is 3. The van der Waals surface area contributed by atoms with Crippen molar-refractivity contribution in [3.63, 3.8) is 0 Å². The lowest BCUT2D eigenvalue weighted by Crippen LogP contribution is -2.41. The molecule has 0 radical (unpaired) electrons. The van der Waals surface area contributed by atoms with Crippen LogP contribution in [0.15, 0.2) is 18.2 Å². The van der Waals surface area contributed by atoms with Gasteiger partial charge in [-0.1, -0.05) is 19.9 Å². The molecule has 1 saturated heterocycles. The van der Waals surface area contributed by atoms with Crippen molar-refractivity contribution in [3.05, 3.63) is 29.3 Å². The molecule has 2 rings (SSSR count). The fraction of sp³-hybridized carbons (Fsp3) is 0.500. The molecule has 0 bridgehead atoms. The molecular weight excluding hydrogens is 268 g/mol. The number of hydrogen-bond donors (Lipinski definition) is 1. The SMILES string of the molecule is COc1ccc(C2(C)NC(=O)N(CC(C)C)C2=O)cc1C. The summed E-state index contributed by atoms with van der Waals surface area (Å²) in [4.78, 5) is 26.0. The first-order valence-corrected chi connectivity index (χ1v) is 7.09. The van der Waals surface area contributed by atoms with E-state index in [2.05, 4.69) is 5.32 Å². The average molecular weight is 290 g/mol. The molecule has 5 heteroatoms. The molecule has 1 N–H and O–H groups in total. The number of urea groups is 1. The topological polar surface area (TPSA) is 58.6 Å². The Balaban J connectivity index is 2.37. The quantitative estimate of drug-likeness (QED) is 0.866. The molecule has 5 nitrogen and oxygen atoms in total. The molecule has 3 amide bonds. The van der Waals surface area contributed by atoms with Gasteiger partial charge in [0.1, 0.15) is 11.3 Å². The van der Waals surface area contributed by atoms with Crippen molar-refractivity contribution in [3.8, 4) is 5.75 Å². The van der Waals surface area contributed by atoms with E-state index in [1.54, 1.807) is 14.0 Å². The number of rotatable bonds is 4. The molecule has 0 aliphatic carbocycles. The Kier molecular flexibility index (Phi) is 3.94. The molecule has 1 fully saturated rings. The average Bonchev–Trinajstić information content (AvgIpc) is 2.63. The highest BCUT2D eigenvalue weighted by atomic mass is 16.5. The van der Waals surface area contributed by atoms with Gasteiger partial charge in [0.05, 0.1) is 7.11 Å². The van der Waals surface area contributed by atoms with Crippen LogP contribution in [-0.4, -0.2) is 30.5 Å². The smallest absolute Gasteiger partial charge is 0.325 e. The Morgan fingerprint density at radius 3 is 2.52 bits per heavy atom. The Hall–Kier alpha value is -2.04. The van der Waals surface area contributed by atoms with Gasteiger partial charge in [-0.15, -0.1) is 0 Å². The van der Waals surface area contributed by atoms with Crippen LogP contribution in [0, 0.1) is 12.8 Å². The minimum atomic E-state index is -1.01. The van der Waals surface area contributed by atoms with E-state index in [-0.39, 0.29) is 17.9 Å². The van der Waals surface area contributed by atoms with Crippen molar-refractivity contribution in [2.75, 3.05) is 13.7 Å². The van der Waals surface area contributed by atoms with Crippen LogP contribution in [0.25, 0.3) is 0 Å². The van der Waals surface area contributed by atoms with E-state index in [4.69, 9.17) is 4.74 Å². The van der Waals surface area contributed by atoms with Gasteiger partial charge in [-0.3, -0.25) is 9.69 Å². The lowest BCUT2D eigenvalue weighted by atomic mass is 9.90. The number of carbonyl (C=O) groups is 2. The van der Waals surface area contributed by atoms with Crippen molar-refractivity contribution in [2.24, 2.45) is 5.92 Å². The summed E-state index contributed by atoms with van der Waals surface area (Å²) in [7, 11) is 1.61. The maximum atomic E-state index is 12.7. The van der Waals surface area contributed by atoms with Gasteiger partial charge < -0.3 is 10.1 Å². The number of aryl methyl sites for hydroxylation is 1. The summed E-state index contributed by atoms with van der Waals surface area (Å²) in [5.74, 6) is 0.795. The van der Waals surface area contributed by atoms with E-state index in [1.165, 1.54) is 4.90 Å². The van der Waals surface area contributed by atoms with Crippen LogP contribution in [0.5, 0.6) is 5.75 Å². The van der Waals surface area contributed by atoms with Crippen LogP contribution in [0.1, 0.15) is 31.9 Å². The van der Waals surface area contributed by atoms with Gasteiger partial charge in [-0.05, 0) is 43.0 Å². The number of carbonyl (C=O) groups excluding carboxylic acids is 2. The van der Waals surface area contributed by atoms with Crippen LogP contribution in [-0.2, 0) is 10.3 Å². The zero-order chi connectivity index (χ0) is 15.8. The van der Waals surface area contributed by atoms with Crippen LogP contribution < -0.4 is 10.1 Å². The summed E-state index contributed by atoms with van der Waals surface area (Å²) >= 11 is 0. The van der Waals surface area contributed by atoms with E-state index >= 15 is 0 Å². The number of ether oxygens (including phenoxy) is 1. The standard InChI is InChI=1S/C16H22N2O3/c1-10(2)9-18-14(19)16(4,17-15(18)20)12-6-7-13(21-5)11(3)8-12/h6-8,10H,9H2,1-5H3,(H,17,20). The summed E-state index contributed by atoms with van der Waals surface area (Å²) in [6.45, 7) is 8.05. The van der Waals surface area contributed by atoms with Crippen LogP contribution in [0.3, 0.4) is 0 Å². The highest BCUT2D eigenvalue weighted by Gasteiger charge is 2.49. The molecule has 0 saturated carbocycles. The first kappa shape index (κ1) is 15.4. The lowest BCUT2D eigenvalue weighted by Gasteiger charge is -2.23. The molecule has 0 aromatic heterocycles. The fourth-order valence-electron chi connectivity index (χ4n) is 2.61. The lowest BCUT2D eigenvalue weighted by molar-refractivity contribution is -0.131. The monoisotopic (exact) mass is 290 g/mol. The van der Waals surface area contributed by atoms with Gasteiger partial charge in [-0.2, -0.15) is 0 Å². The van der Waals surface area contributed by atoms with Crippen molar-refractivity contribution in [2.45, 2.75) is 33.2 Å². The maximum absolute atomic E-state index is 12.7. The summed E-state index contributed by atoms with van der Waals surface area (Å²) in [5.41, 5.74) is 0.689. The minimum Gasteiger partial charge on any atom is -0.496 e. The van der Waals surface area contributed by atoms with E-state index in [0.29, 0.717) is 6.54 Å². The Bertz CT molecular complexity index is 583. The largest absolute Gasteiger partial charge is 0.496 e. The van der Waals surface area contributed by atoms with Gasteiger partial charge in [0.15, 0.2) is 0 Å². The van der Waals surface area contributed by atoms with Gasteiger partial charge >= 0.3 is 6.03 Å². The predicted molar refractivity (Wildman–Crippen MR) is 80.2 cm³/mol. The zero-order valence-electron chi connectivity index (χ0n) is 13.2. The Morgan fingerprint density at radius 2 is 2.00 bits per heavy atom. The number of nitrogens with one attached hydrogen (secondary N) is 1. The highest BCUT2D eigenvalue weighted by molar-refractivity contribution is 6.07. The summed E-state index contributed by atoms with van der Waals surface area (Å²) in [6, 6.07) is 5.20. The Labute approximate surface area is 125 Å². The molecule has 0 spiro atoms. The first-order chi connectivity index (χ1) is 9.79. The van der Waals surface area contributed by atoms with E-state index in [0.717, 1.165) is 16.9 Å². The second-order valence-electron chi connectivity index (χ2n) is 6.05. The molecule has 1 aromatic carbocycles. The van der Waals surface area contributed by atoms with Gasteiger partial charge in [0.2, 0.25) is 0 Å². The third-order valence-electron chi connectivity index (χ3n) is 3.79. The normalized spacial score (nSPS) is 21.9. The van der Waals surface area contributed by atoms with E-state index < -0.39 is 5.54 Å². The molecule has 1 unspecified atom stereocenters. The van der Waals surface area contributed by atoms with Crippen LogP contribution in [0.2, 0.25) is 0 Å². The van der Waals surface area contributed by atoms with Gasteiger partial charge in [0.25, 0.3) is 5.91 Å². The first-order valence-electron chi connectivity index (χ1n) is 7.09. The molecule has 1 atom stereocenters. The number of nitrogens with zero attached hydrogens (tertiary/aromatic N) is 1. The minimum absolute atomic E-state index is 0.203. The van der Waals surface area contributed by atoms with Gasteiger partial charge in [0, 0.05) is 6.54 Å². The second kappa shape index (κ2) is 5.39. The highest BCUT2D eigenvalue weighted by Crippen LogP contribution is 2.32. The number of benzene rings is 1. The van der Waals surface area contributed by atoms with E-state index in [1.807, 2.05) is 39.0 Å². The van der Waals surface area contributed by atoms with Crippen molar-refractivity contribution in [1.29, 1.82) is 0 Å². The van der Waals surface area contributed by atoms with Crippen molar-refractivity contribution in [1.82, 2.24) is 10.2 Å². The number of imide groups is 1. The molecule has 1 aliphatic heterocycles. The molecule has 1 heterocycles. The molecule has 1 aromatic rings. The molecule has 114 valence electrons.